The normalized spacial score (nSPS) is 16.0. The van der Waals surface area contributed by atoms with Gasteiger partial charge in [-0.2, -0.15) is 0 Å². The Morgan fingerprint density at radius 3 is 1.57 bits per heavy atom. The van der Waals surface area contributed by atoms with E-state index >= 15 is 0 Å². The molecule has 0 aliphatic heterocycles. The summed E-state index contributed by atoms with van der Waals surface area (Å²) in [6.45, 7) is 12.9. The summed E-state index contributed by atoms with van der Waals surface area (Å²) in [6, 6.07) is -4.02. The van der Waals surface area contributed by atoms with Gasteiger partial charge < -0.3 is 69.2 Å². The number of H-pyrrole nitrogens is 1. The van der Waals surface area contributed by atoms with Gasteiger partial charge in [0.25, 0.3) is 0 Å². The van der Waals surface area contributed by atoms with Gasteiger partial charge in [0.1, 0.15) is 48.3 Å². The van der Waals surface area contributed by atoms with E-state index in [0.29, 0.717) is 12.0 Å². The Bertz CT molecular complexity index is 1990. The molecule has 2 rings (SSSR count). The van der Waals surface area contributed by atoms with Gasteiger partial charge in [-0.05, 0) is 56.6 Å². The smallest absolute Gasteiger partial charge is 0.245 e. The molecule has 362 valence electrons. The standard InChI is InChI=1S/C43H69N11O11/c1-10-22(6)34(43(65)51-31(18-55)35(45)57)54-40(62)30(16-26-17-46-28-14-12-11-13-27(26)28)49-37(59)24(8)48-41(63)32(19-56)52-38(60)25(9)47-39(61)29(15-20(2)3)50-42(64)33(21(4)5)53-36(58)23(7)44/h11-14,17,20-25,29-34,46,55-56H,10,15-16,18-19,44H2,1-9H3,(H2,45,57)(H,47,61)(H,48,63)(H,49,59)(H,50,64)(H,51,65)(H,52,60)(H,53,58)(H,54,62)/t22-,23-,24-,25-,29-,30-,31-,32-,33-,34-/m0/s1. The van der Waals surface area contributed by atoms with Crippen LogP contribution in [0.15, 0.2) is 30.5 Å². The fraction of sp³-hybridized carbons (Fsp3) is 0.605. The maximum absolute atomic E-state index is 14.0. The summed E-state index contributed by atoms with van der Waals surface area (Å²) in [5.74, 6) is -8.16. The van der Waals surface area contributed by atoms with E-state index in [9.17, 15) is 53.4 Å². The van der Waals surface area contributed by atoms with E-state index in [0.717, 1.165) is 10.9 Å². The molecule has 10 atom stereocenters. The van der Waals surface area contributed by atoms with Gasteiger partial charge >= 0.3 is 0 Å². The molecule has 0 bridgehead atoms. The maximum atomic E-state index is 14.0. The lowest BCUT2D eigenvalue weighted by atomic mass is 9.96. The molecule has 0 unspecified atom stereocenters. The first kappa shape index (κ1) is 55.0. The van der Waals surface area contributed by atoms with Crippen LogP contribution in [0.2, 0.25) is 0 Å². The van der Waals surface area contributed by atoms with Crippen molar-refractivity contribution >= 4 is 64.1 Å². The second-order valence-corrected chi connectivity index (χ2v) is 17.1. The van der Waals surface area contributed by atoms with Crippen LogP contribution >= 0.6 is 0 Å². The van der Waals surface area contributed by atoms with Gasteiger partial charge in [0.05, 0.1) is 19.3 Å². The minimum Gasteiger partial charge on any atom is -0.394 e. The van der Waals surface area contributed by atoms with Crippen LogP contribution in [0.1, 0.15) is 80.7 Å². The van der Waals surface area contributed by atoms with Crippen LogP contribution in [0.4, 0.5) is 0 Å². The van der Waals surface area contributed by atoms with Crippen LogP contribution in [0.5, 0.6) is 0 Å². The summed E-state index contributed by atoms with van der Waals surface area (Å²) < 4.78 is 0. The Kier molecular flexibility index (Phi) is 22.0. The highest BCUT2D eigenvalue weighted by Crippen LogP contribution is 2.20. The van der Waals surface area contributed by atoms with Crippen molar-refractivity contribution in [1.29, 1.82) is 0 Å². The summed E-state index contributed by atoms with van der Waals surface area (Å²) in [7, 11) is 0. The van der Waals surface area contributed by atoms with Crippen LogP contribution in [0, 0.1) is 17.8 Å². The van der Waals surface area contributed by atoms with E-state index in [1.807, 2.05) is 32.0 Å². The third kappa shape index (κ3) is 16.7. The van der Waals surface area contributed by atoms with E-state index in [4.69, 9.17) is 11.5 Å². The lowest BCUT2D eigenvalue weighted by Crippen LogP contribution is -2.61. The predicted molar refractivity (Wildman–Crippen MR) is 240 cm³/mol. The van der Waals surface area contributed by atoms with E-state index in [-0.39, 0.29) is 24.7 Å². The molecule has 22 heteroatoms. The van der Waals surface area contributed by atoms with Crippen molar-refractivity contribution in [2.24, 2.45) is 29.2 Å². The molecular weight excluding hydrogens is 847 g/mol. The number of amides is 9. The van der Waals surface area contributed by atoms with Gasteiger partial charge in [0.15, 0.2) is 0 Å². The summed E-state index contributed by atoms with van der Waals surface area (Å²) in [5.41, 5.74) is 12.3. The molecular formula is C43H69N11O11. The van der Waals surface area contributed by atoms with E-state index < -0.39 is 127 Å². The number of aromatic nitrogens is 1. The Morgan fingerprint density at radius 1 is 0.585 bits per heavy atom. The van der Waals surface area contributed by atoms with Crippen molar-refractivity contribution in [3.05, 3.63) is 36.0 Å². The van der Waals surface area contributed by atoms with Crippen molar-refractivity contribution in [3.63, 3.8) is 0 Å². The molecule has 2 aromatic rings. The maximum Gasteiger partial charge on any atom is 0.245 e. The molecule has 0 spiro atoms. The van der Waals surface area contributed by atoms with Gasteiger partial charge in [-0.3, -0.25) is 43.2 Å². The third-order valence-electron chi connectivity index (χ3n) is 10.7. The van der Waals surface area contributed by atoms with Crippen molar-refractivity contribution in [2.75, 3.05) is 13.2 Å². The van der Waals surface area contributed by atoms with E-state index in [1.54, 1.807) is 40.0 Å². The summed E-state index contributed by atoms with van der Waals surface area (Å²) in [5, 5.41) is 40.5. The Morgan fingerprint density at radius 2 is 1.06 bits per heavy atom. The van der Waals surface area contributed by atoms with Crippen molar-refractivity contribution in [1.82, 2.24) is 47.5 Å². The number of primary amides is 1. The number of rotatable bonds is 26. The molecule has 65 heavy (non-hydrogen) atoms. The Labute approximate surface area is 378 Å². The number of carbonyl (C=O) groups excluding carboxylic acids is 9. The quantitative estimate of drug-likeness (QED) is 0.0455. The number of hydrogen-bond acceptors (Lipinski definition) is 12. The molecule has 0 aliphatic carbocycles. The molecule has 0 fully saturated rings. The van der Waals surface area contributed by atoms with Gasteiger partial charge in [-0.15, -0.1) is 0 Å². The van der Waals surface area contributed by atoms with Crippen LogP contribution < -0.4 is 54.0 Å². The minimum atomic E-state index is -1.60. The summed E-state index contributed by atoms with van der Waals surface area (Å²) >= 11 is 0. The topological polar surface area (TPSA) is 358 Å². The number of carbonyl (C=O) groups is 9. The van der Waals surface area contributed by atoms with E-state index in [2.05, 4.69) is 47.5 Å². The Balaban J connectivity index is 2.22. The fourth-order valence-electron chi connectivity index (χ4n) is 6.48. The average molecular weight is 916 g/mol. The highest BCUT2D eigenvalue weighted by atomic mass is 16.3. The van der Waals surface area contributed by atoms with Crippen molar-refractivity contribution in [3.8, 4) is 0 Å². The zero-order chi connectivity index (χ0) is 49.3. The number of nitrogens with two attached hydrogens (primary N) is 2. The second kappa shape index (κ2) is 26.0. The van der Waals surface area contributed by atoms with Crippen LogP contribution in [0.3, 0.4) is 0 Å². The van der Waals surface area contributed by atoms with Gasteiger partial charge in [0.2, 0.25) is 53.2 Å². The molecule has 1 aromatic heterocycles. The number of aliphatic hydroxyl groups is 2. The molecule has 22 nitrogen and oxygen atoms in total. The van der Waals surface area contributed by atoms with Crippen LogP contribution in [-0.2, 0) is 49.6 Å². The number of aliphatic hydroxyl groups excluding tert-OH is 2. The first-order chi connectivity index (χ1) is 30.4. The highest BCUT2D eigenvalue weighted by molar-refractivity contribution is 5.98. The van der Waals surface area contributed by atoms with Crippen LogP contribution in [0.25, 0.3) is 10.9 Å². The molecule has 1 aromatic carbocycles. The lowest BCUT2D eigenvalue weighted by molar-refractivity contribution is -0.136. The molecule has 9 amide bonds. The average Bonchev–Trinajstić information content (AvgIpc) is 3.66. The SMILES string of the molecule is CC[C@H](C)[C@H](NC(=O)[C@H](Cc1c[nH]c2ccccc12)NC(=O)[C@H](C)NC(=O)[C@H](CO)NC(=O)[C@H](C)NC(=O)[C@H](CC(C)C)NC(=O)[C@@H](NC(=O)[C@H](C)N)C(C)C)C(=O)N[C@@H](CO)C(N)=O. The molecule has 0 saturated heterocycles. The van der Waals surface area contributed by atoms with Gasteiger partial charge in [-0.1, -0.05) is 66.2 Å². The number of fused-ring (bicyclic) bond motifs is 1. The molecule has 15 N–H and O–H groups in total. The predicted octanol–water partition coefficient (Wildman–Crippen LogP) is -2.81. The number of benzene rings is 1. The monoisotopic (exact) mass is 916 g/mol. The van der Waals surface area contributed by atoms with Gasteiger partial charge in [0, 0.05) is 23.5 Å². The van der Waals surface area contributed by atoms with Crippen LogP contribution in [-0.4, -0.2) is 136 Å². The van der Waals surface area contributed by atoms with Crippen molar-refractivity contribution < 1.29 is 53.4 Å². The van der Waals surface area contributed by atoms with Crippen molar-refractivity contribution in [2.45, 2.75) is 136 Å². The van der Waals surface area contributed by atoms with E-state index in [1.165, 1.54) is 20.8 Å². The molecule has 0 saturated carbocycles. The fourth-order valence-corrected chi connectivity index (χ4v) is 6.48. The lowest BCUT2D eigenvalue weighted by Gasteiger charge is -2.28. The zero-order valence-electron chi connectivity index (χ0n) is 38.6. The number of aromatic amines is 1. The summed E-state index contributed by atoms with van der Waals surface area (Å²) in [6.07, 6.45) is 2.15. The third-order valence-corrected chi connectivity index (χ3v) is 10.7. The molecule has 1 heterocycles. The largest absolute Gasteiger partial charge is 0.394 e. The highest BCUT2D eigenvalue weighted by Gasteiger charge is 2.35. The Hall–Kier alpha value is -6.13. The zero-order valence-corrected chi connectivity index (χ0v) is 38.6. The summed E-state index contributed by atoms with van der Waals surface area (Å²) in [4.78, 5) is 121. The number of para-hydroxylation sites is 1. The minimum absolute atomic E-state index is 0.0826. The second-order valence-electron chi connectivity index (χ2n) is 17.1. The number of nitrogens with one attached hydrogen (secondary N) is 9. The molecule has 0 aliphatic rings. The van der Waals surface area contributed by atoms with Gasteiger partial charge in [-0.25, -0.2) is 0 Å². The first-order valence-corrected chi connectivity index (χ1v) is 21.7. The number of hydrogen-bond donors (Lipinski definition) is 13. The first-order valence-electron chi connectivity index (χ1n) is 21.7. The molecule has 0 radical (unpaired) electrons.